The Kier molecular flexibility index (Phi) is 5.78. The van der Waals surface area contributed by atoms with E-state index < -0.39 is 12.0 Å². The number of aliphatic carboxylic acids is 1. The number of carboxylic acid groups (broad SMARTS) is 1. The maximum atomic E-state index is 11.2. The smallest absolute Gasteiger partial charge is 0.326 e. The van der Waals surface area contributed by atoms with E-state index in [1.165, 1.54) is 7.11 Å². The van der Waals surface area contributed by atoms with Crippen LogP contribution in [0.25, 0.3) is 0 Å². The summed E-state index contributed by atoms with van der Waals surface area (Å²) in [6.07, 6.45) is 2.38. The molecule has 0 aliphatic heterocycles. The normalized spacial score (nSPS) is 11.9. The lowest BCUT2D eigenvalue weighted by atomic mass is 10.1. The average Bonchev–Trinajstić information content (AvgIpc) is 2.34. The lowest BCUT2D eigenvalue weighted by Gasteiger charge is -2.17. The number of hydrogen-bond donors (Lipinski definition) is 2. The summed E-state index contributed by atoms with van der Waals surface area (Å²) in [5, 5.41) is 12.7. The number of methoxy groups -OCH3 is 1. The summed E-state index contributed by atoms with van der Waals surface area (Å²) in [6, 6.07) is 4.45. The first kappa shape index (κ1) is 14.6. The van der Waals surface area contributed by atoms with Crippen molar-refractivity contribution in [3.8, 4) is 5.75 Å². The molecule has 100 valence electrons. The van der Waals surface area contributed by atoms with Crippen molar-refractivity contribution in [1.29, 1.82) is 0 Å². The highest BCUT2D eigenvalue weighted by Gasteiger charge is 2.18. The van der Waals surface area contributed by atoms with Crippen molar-refractivity contribution in [2.45, 2.75) is 32.2 Å². The maximum Gasteiger partial charge on any atom is 0.326 e. The van der Waals surface area contributed by atoms with Gasteiger partial charge >= 0.3 is 5.97 Å². The minimum Gasteiger partial charge on any atom is -0.495 e. The molecule has 0 aliphatic rings. The van der Waals surface area contributed by atoms with Gasteiger partial charge in [0.1, 0.15) is 11.8 Å². The highest BCUT2D eigenvalue weighted by atomic mass is 35.5. The van der Waals surface area contributed by atoms with Crippen molar-refractivity contribution >= 4 is 23.3 Å². The zero-order valence-electron chi connectivity index (χ0n) is 10.6. The van der Waals surface area contributed by atoms with Crippen LogP contribution >= 0.6 is 11.6 Å². The van der Waals surface area contributed by atoms with Crippen LogP contribution in [-0.2, 0) is 4.79 Å². The van der Waals surface area contributed by atoms with E-state index in [2.05, 4.69) is 5.32 Å². The second kappa shape index (κ2) is 7.11. The van der Waals surface area contributed by atoms with E-state index in [0.717, 1.165) is 12.8 Å². The second-order valence-electron chi connectivity index (χ2n) is 4.02. The molecule has 0 heterocycles. The molecule has 0 fully saturated rings. The van der Waals surface area contributed by atoms with Crippen molar-refractivity contribution in [2.24, 2.45) is 0 Å². The van der Waals surface area contributed by atoms with Gasteiger partial charge in [-0.05, 0) is 24.6 Å². The summed E-state index contributed by atoms with van der Waals surface area (Å²) in [5.74, 6) is -0.285. The number of nitrogens with one attached hydrogen (secondary N) is 1. The Bertz CT molecular complexity index is 409. The molecule has 0 saturated heterocycles. The number of carboxylic acids is 1. The van der Waals surface area contributed by atoms with Crippen LogP contribution in [0.5, 0.6) is 5.75 Å². The minimum absolute atomic E-state index is 0.540. The van der Waals surface area contributed by atoms with Gasteiger partial charge < -0.3 is 15.2 Å². The predicted octanol–water partition coefficient (Wildman–Crippen LogP) is 3.40. The molecule has 0 amide bonds. The van der Waals surface area contributed by atoms with Gasteiger partial charge in [0.25, 0.3) is 0 Å². The number of carbonyl (C=O) groups is 1. The van der Waals surface area contributed by atoms with Crippen molar-refractivity contribution < 1.29 is 14.6 Å². The Morgan fingerprint density at radius 3 is 2.83 bits per heavy atom. The highest BCUT2D eigenvalue weighted by Crippen LogP contribution is 2.28. The number of hydrogen-bond acceptors (Lipinski definition) is 3. The van der Waals surface area contributed by atoms with E-state index >= 15 is 0 Å². The molecule has 1 unspecified atom stereocenters. The summed E-state index contributed by atoms with van der Waals surface area (Å²) < 4.78 is 5.17. The molecule has 1 aromatic rings. The van der Waals surface area contributed by atoms with Crippen LogP contribution in [0, 0.1) is 0 Å². The van der Waals surface area contributed by atoms with Gasteiger partial charge in [-0.15, -0.1) is 0 Å². The number of rotatable bonds is 7. The van der Waals surface area contributed by atoms with Gasteiger partial charge in [-0.1, -0.05) is 31.4 Å². The molecule has 5 heteroatoms. The van der Waals surface area contributed by atoms with Gasteiger partial charge in [-0.25, -0.2) is 4.79 Å². The Hall–Kier alpha value is -1.42. The standard InChI is InChI=1S/C13H18ClNO3/c1-3-4-5-10(13(16)17)15-11-8-9(14)6-7-12(11)18-2/h6-8,10,15H,3-5H2,1-2H3,(H,16,17). The Balaban J connectivity index is 2.85. The topological polar surface area (TPSA) is 58.6 Å². The van der Waals surface area contributed by atoms with Gasteiger partial charge in [0.05, 0.1) is 12.8 Å². The molecular formula is C13H18ClNO3. The fraction of sp³-hybridized carbons (Fsp3) is 0.462. The fourth-order valence-electron chi connectivity index (χ4n) is 1.65. The number of benzene rings is 1. The quantitative estimate of drug-likeness (QED) is 0.798. The van der Waals surface area contributed by atoms with Gasteiger partial charge in [-0.2, -0.15) is 0 Å². The third kappa shape index (κ3) is 4.11. The van der Waals surface area contributed by atoms with Crippen LogP contribution in [0.15, 0.2) is 18.2 Å². The van der Waals surface area contributed by atoms with Gasteiger partial charge in [0.2, 0.25) is 0 Å². The first-order chi connectivity index (χ1) is 8.58. The first-order valence-electron chi connectivity index (χ1n) is 5.91. The van der Waals surface area contributed by atoms with Gasteiger partial charge in [0.15, 0.2) is 0 Å². The summed E-state index contributed by atoms with van der Waals surface area (Å²) in [5.41, 5.74) is 0.605. The molecular weight excluding hydrogens is 254 g/mol. The monoisotopic (exact) mass is 271 g/mol. The highest BCUT2D eigenvalue weighted by molar-refractivity contribution is 6.30. The van der Waals surface area contributed by atoms with Crippen LogP contribution in [0.3, 0.4) is 0 Å². The Labute approximate surface area is 112 Å². The summed E-state index contributed by atoms with van der Waals surface area (Å²) in [4.78, 5) is 11.2. The predicted molar refractivity (Wildman–Crippen MR) is 72.6 cm³/mol. The molecule has 1 rings (SSSR count). The zero-order chi connectivity index (χ0) is 13.5. The first-order valence-corrected chi connectivity index (χ1v) is 6.29. The molecule has 18 heavy (non-hydrogen) atoms. The summed E-state index contributed by atoms with van der Waals surface area (Å²) >= 11 is 5.90. The molecule has 4 nitrogen and oxygen atoms in total. The number of halogens is 1. The van der Waals surface area contributed by atoms with E-state index in [1.807, 2.05) is 6.92 Å². The lowest BCUT2D eigenvalue weighted by molar-refractivity contribution is -0.138. The molecule has 0 aliphatic carbocycles. The van der Waals surface area contributed by atoms with E-state index in [0.29, 0.717) is 22.9 Å². The third-order valence-electron chi connectivity index (χ3n) is 2.64. The summed E-state index contributed by atoms with van der Waals surface area (Å²) in [7, 11) is 1.54. The second-order valence-corrected chi connectivity index (χ2v) is 4.46. The maximum absolute atomic E-state index is 11.2. The SMILES string of the molecule is CCCCC(Nc1cc(Cl)ccc1OC)C(=O)O. The van der Waals surface area contributed by atoms with Crippen molar-refractivity contribution in [3.63, 3.8) is 0 Å². The van der Waals surface area contributed by atoms with Crippen LogP contribution in [0.1, 0.15) is 26.2 Å². The van der Waals surface area contributed by atoms with Crippen molar-refractivity contribution in [3.05, 3.63) is 23.2 Å². The molecule has 1 atom stereocenters. The lowest BCUT2D eigenvalue weighted by Crippen LogP contribution is -2.29. The average molecular weight is 272 g/mol. The Morgan fingerprint density at radius 2 is 2.28 bits per heavy atom. The zero-order valence-corrected chi connectivity index (χ0v) is 11.3. The molecule has 0 saturated carbocycles. The molecule has 0 spiro atoms. The number of ether oxygens (including phenoxy) is 1. The van der Waals surface area contributed by atoms with Crippen molar-refractivity contribution in [2.75, 3.05) is 12.4 Å². The van der Waals surface area contributed by atoms with Crippen LogP contribution in [-0.4, -0.2) is 24.2 Å². The molecule has 1 aromatic carbocycles. The molecule has 0 aromatic heterocycles. The van der Waals surface area contributed by atoms with Crippen LogP contribution in [0.4, 0.5) is 5.69 Å². The third-order valence-corrected chi connectivity index (χ3v) is 2.87. The molecule has 0 bridgehead atoms. The number of anilines is 1. The van der Waals surface area contributed by atoms with Gasteiger partial charge in [0, 0.05) is 5.02 Å². The molecule has 2 N–H and O–H groups in total. The number of unbranched alkanes of at least 4 members (excludes halogenated alkanes) is 1. The fourth-order valence-corrected chi connectivity index (χ4v) is 1.82. The van der Waals surface area contributed by atoms with Crippen molar-refractivity contribution in [1.82, 2.24) is 0 Å². The van der Waals surface area contributed by atoms with Crippen LogP contribution < -0.4 is 10.1 Å². The minimum atomic E-state index is -0.870. The van der Waals surface area contributed by atoms with E-state index in [1.54, 1.807) is 18.2 Å². The van der Waals surface area contributed by atoms with Gasteiger partial charge in [-0.3, -0.25) is 0 Å². The van der Waals surface area contributed by atoms with E-state index in [4.69, 9.17) is 21.4 Å². The Morgan fingerprint density at radius 1 is 1.56 bits per heavy atom. The largest absolute Gasteiger partial charge is 0.495 e. The molecule has 0 radical (unpaired) electrons. The summed E-state index contributed by atoms with van der Waals surface area (Å²) in [6.45, 7) is 2.03. The van der Waals surface area contributed by atoms with E-state index in [9.17, 15) is 4.79 Å². The van der Waals surface area contributed by atoms with Crippen LogP contribution in [0.2, 0.25) is 5.02 Å². The van der Waals surface area contributed by atoms with E-state index in [-0.39, 0.29) is 0 Å².